The lowest BCUT2D eigenvalue weighted by molar-refractivity contribution is -0.114. The maximum absolute atomic E-state index is 13.3. The van der Waals surface area contributed by atoms with Crippen molar-refractivity contribution in [3.05, 3.63) is 78.1 Å². The summed E-state index contributed by atoms with van der Waals surface area (Å²) in [5.74, 6) is -0.320. The molecule has 1 heterocycles. The molecule has 142 valence electrons. The molecule has 0 atom stereocenters. The fraction of sp³-hybridized carbons (Fsp3) is 0.348. The number of carbonyl (C=O) groups excluding carboxylic acids is 1. The minimum absolute atomic E-state index is 0.0353. The molecule has 0 N–H and O–H groups in total. The van der Waals surface area contributed by atoms with Crippen LogP contribution in [0.5, 0.6) is 0 Å². The second kappa shape index (κ2) is 9.47. The molecule has 1 aliphatic rings. The van der Waals surface area contributed by atoms with Gasteiger partial charge >= 0.3 is 0 Å². The number of carbonyl (C=O) groups is 1. The van der Waals surface area contributed by atoms with E-state index in [1.807, 2.05) is 17.9 Å². The summed E-state index contributed by atoms with van der Waals surface area (Å²) in [5, 5.41) is 0. The molecule has 2 aromatic rings. The van der Waals surface area contributed by atoms with Gasteiger partial charge in [-0.3, -0.25) is 4.79 Å². The van der Waals surface area contributed by atoms with Crippen molar-refractivity contribution >= 4 is 11.6 Å². The Morgan fingerprint density at radius 2 is 1.78 bits per heavy atom. The number of piperidine rings is 1. The van der Waals surface area contributed by atoms with E-state index in [0.29, 0.717) is 0 Å². The van der Waals surface area contributed by atoms with Crippen molar-refractivity contribution in [2.24, 2.45) is 0 Å². The van der Waals surface area contributed by atoms with Gasteiger partial charge in [-0.25, -0.2) is 4.39 Å². The van der Waals surface area contributed by atoms with E-state index in [1.54, 1.807) is 24.3 Å². The first kappa shape index (κ1) is 19.3. The second-order valence-electron chi connectivity index (χ2n) is 6.99. The third kappa shape index (κ3) is 5.27. The van der Waals surface area contributed by atoms with Crippen molar-refractivity contribution in [2.45, 2.75) is 32.2 Å². The van der Waals surface area contributed by atoms with Crippen LogP contribution in [0.2, 0.25) is 0 Å². The van der Waals surface area contributed by atoms with Crippen molar-refractivity contribution < 1.29 is 9.18 Å². The topological polar surface area (TPSA) is 23.6 Å². The molecular formula is C23H27FN2O. The maximum Gasteiger partial charge on any atom is 0.250 e. The number of nitrogens with zero attached hydrogens (tertiary/aromatic N) is 2. The molecule has 3 rings (SSSR count). The minimum Gasteiger partial charge on any atom is -0.306 e. The van der Waals surface area contributed by atoms with Gasteiger partial charge in [-0.15, -0.1) is 0 Å². The number of anilines is 1. The molecule has 0 aromatic heterocycles. The van der Waals surface area contributed by atoms with Crippen LogP contribution in [0.1, 0.15) is 25.3 Å². The van der Waals surface area contributed by atoms with Gasteiger partial charge in [0.25, 0.3) is 5.91 Å². The predicted molar refractivity (Wildman–Crippen MR) is 108 cm³/mol. The van der Waals surface area contributed by atoms with Crippen molar-refractivity contribution in [3.63, 3.8) is 0 Å². The van der Waals surface area contributed by atoms with Crippen LogP contribution < -0.4 is 4.90 Å². The first-order valence-corrected chi connectivity index (χ1v) is 9.65. The van der Waals surface area contributed by atoms with Crippen LogP contribution in [-0.2, 0) is 11.2 Å². The monoisotopic (exact) mass is 366 g/mol. The Labute approximate surface area is 161 Å². The molecule has 3 nitrogen and oxygen atoms in total. The largest absolute Gasteiger partial charge is 0.306 e. The van der Waals surface area contributed by atoms with Crippen LogP contribution in [-0.4, -0.2) is 36.5 Å². The lowest BCUT2D eigenvalue weighted by Crippen LogP contribution is -2.47. The van der Waals surface area contributed by atoms with E-state index in [4.69, 9.17) is 0 Å². The Bertz CT molecular complexity index is 750. The number of hydrogen-bond acceptors (Lipinski definition) is 2. The number of benzene rings is 2. The van der Waals surface area contributed by atoms with Crippen LogP contribution >= 0.6 is 0 Å². The van der Waals surface area contributed by atoms with Gasteiger partial charge in [-0.2, -0.15) is 0 Å². The third-order valence-corrected chi connectivity index (χ3v) is 5.13. The summed E-state index contributed by atoms with van der Waals surface area (Å²) in [6.07, 6.45) is 6.24. The molecule has 0 aliphatic carbocycles. The molecule has 0 bridgehead atoms. The molecule has 1 amide bonds. The molecule has 0 saturated carbocycles. The molecular weight excluding hydrogens is 339 g/mol. The van der Waals surface area contributed by atoms with Crippen LogP contribution in [0.4, 0.5) is 10.1 Å². The van der Waals surface area contributed by atoms with Crippen molar-refractivity contribution in [3.8, 4) is 0 Å². The average molecular weight is 366 g/mol. The number of amides is 1. The molecule has 1 saturated heterocycles. The van der Waals surface area contributed by atoms with E-state index in [-0.39, 0.29) is 17.8 Å². The van der Waals surface area contributed by atoms with Gasteiger partial charge in [-0.05, 0) is 62.1 Å². The average Bonchev–Trinajstić information content (AvgIpc) is 2.70. The van der Waals surface area contributed by atoms with Gasteiger partial charge < -0.3 is 9.80 Å². The number of halogens is 1. The van der Waals surface area contributed by atoms with Gasteiger partial charge in [-0.1, -0.05) is 36.4 Å². The minimum atomic E-state index is -0.284. The maximum atomic E-state index is 13.3. The lowest BCUT2D eigenvalue weighted by atomic mass is 10.0. The normalized spacial score (nSPS) is 15.9. The molecule has 0 radical (unpaired) electrons. The SMILES string of the molecule is C/C=C/C(=O)N(c1ccc(F)cc1)C1CCN(CCc2ccccc2)CC1. The molecule has 0 unspecified atom stereocenters. The van der Waals surface area contributed by atoms with Crippen LogP contribution in [0.25, 0.3) is 0 Å². The van der Waals surface area contributed by atoms with E-state index in [2.05, 4.69) is 29.2 Å². The highest BCUT2D eigenvalue weighted by Crippen LogP contribution is 2.25. The highest BCUT2D eigenvalue weighted by Gasteiger charge is 2.28. The van der Waals surface area contributed by atoms with E-state index >= 15 is 0 Å². The Kier molecular flexibility index (Phi) is 6.77. The number of likely N-dealkylation sites (tertiary alicyclic amines) is 1. The Balaban J connectivity index is 1.62. The Hall–Kier alpha value is -2.46. The fourth-order valence-corrected chi connectivity index (χ4v) is 3.68. The zero-order valence-electron chi connectivity index (χ0n) is 15.9. The smallest absolute Gasteiger partial charge is 0.250 e. The van der Waals surface area contributed by atoms with Crippen molar-refractivity contribution in [1.29, 1.82) is 0 Å². The highest BCUT2D eigenvalue weighted by molar-refractivity contribution is 6.01. The number of hydrogen-bond donors (Lipinski definition) is 0. The summed E-state index contributed by atoms with van der Waals surface area (Å²) in [6.45, 7) is 4.82. The molecule has 4 heteroatoms. The van der Waals surface area contributed by atoms with Crippen LogP contribution in [0.15, 0.2) is 66.7 Å². The molecule has 27 heavy (non-hydrogen) atoms. The number of rotatable bonds is 6. The molecule has 1 aliphatic heterocycles. The van der Waals surface area contributed by atoms with E-state index in [9.17, 15) is 9.18 Å². The first-order valence-electron chi connectivity index (χ1n) is 9.65. The predicted octanol–water partition coefficient (Wildman–Crippen LogP) is 4.44. The van der Waals surface area contributed by atoms with Gasteiger partial charge in [0.15, 0.2) is 0 Å². The van der Waals surface area contributed by atoms with E-state index < -0.39 is 0 Å². The summed E-state index contributed by atoms with van der Waals surface area (Å²) in [7, 11) is 0. The summed E-state index contributed by atoms with van der Waals surface area (Å²) in [6, 6.07) is 16.9. The van der Waals surface area contributed by atoms with Gasteiger partial charge in [0.05, 0.1) is 0 Å². The molecule has 0 spiro atoms. The van der Waals surface area contributed by atoms with E-state index in [1.165, 1.54) is 17.7 Å². The van der Waals surface area contributed by atoms with Crippen molar-refractivity contribution in [1.82, 2.24) is 4.90 Å². The Morgan fingerprint density at radius 1 is 1.11 bits per heavy atom. The first-order chi connectivity index (χ1) is 13.2. The summed E-state index contributed by atoms with van der Waals surface area (Å²) < 4.78 is 13.3. The number of allylic oxidation sites excluding steroid dienone is 1. The quantitative estimate of drug-likeness (QED) is 0.706. The van der Waals surface area contributed by atoms with Gasteiger partial charge in [0.1, 0.15) is 5.82 Å². The highest BCUT2D eigenvalue weighted by atomic mass is 19.1. The van der Waals surface area contributed by atoms with Crippen LogP contribution in [0, 0.1) is 5.82 Å². The van der Waals surface area contributed by atoms with Crippen LogP contribution in [0.3, 0.4) is 0 Å². The second-order valence-corrected chi connectivity index (χ2v) is 6.99. The summed E-state index contributed by atoms with van der Waals surface area (Å²) in [5.41, 5.74) is 2.12. The lowest BCUT2D eigenvalue weighted by Gasteiger charge is -2.38. The van der Waals surface area contributed by atoms with E-state index in [0.717, 1.165) is 44.6 Å². The zero-order chi connectivity index (χ0) is 19.1. The molecule has 2 aromatic carbocycles. The van der Waals surface area contributed by atoms with Crippen molar-refractivity contribution in [2.75, 3.05) is 24.5 Å². The summed E-state index contributed by atoms with van der Waals surface area (Å²) in [4.78, 5) is 16.9. The third-order valence-electron chi connectivity index (χ3n) is 5.13. The van der Waals surface area contributed by atoms with Gasteiger partial charge in [0, 0.05) is 31.4 Å². The summed E-state index contributed by atoms with van der Waals surface area (Å²) >= 11 is 0. The zero-order valence-corrected chi connectivity index (χ0v) is 15.9. The molecule has 1 fully saturated rings. The van der Waals surface area contributed by atoms with Gasteiger partial charge in [0.2, 0.25) is 0 Å². The standard InChI is InChI=1S/C23H27FN2O/c1-2-6-23(27)26(21-11-9-20(24)10-12-21)22-14-17-25(18-15-22)16-13-19-7-4-3-5-8-19/h2-12,22H,13-18H2,1H3/b6-2+. The Morgan fingerprint density at radius 3 is 2.41 bits per heavy atom. The fourth-order valence-electron chi connectivity index (χ4n) is 3.68.